The van der Waals surface area contributed by atoms with Gasteiger partial charge in [-0.05, 0) is 31.4 Å². The van der Waals surface area contributed by atoms with Gasteiger partial charge in [0, 0.05) is 11.6 Å². The highest BCUT2D eigenvalue weighted by Crippen LogP contribution is 2.22. The predicted octanol–water partition coefficient (Wildman–Crippen LogP) is 1.21. The van der Waals surface area contributed by atoms with Crippen LogP contribution in [0.4, 0.5) is 0 Å². The minimum absolute atomic E-state index is 0.157. The number of benzene rings is 1. The van der Waals surface area contributed by atoms with Gasteiger partial charge in [-0.1, -0.05) is 37.2 Å². The first-order valence-corrected chi connectivity index (χ1v) is 8.81. The molecular weight excluding hydrogens is 308 g/mol. The monoisotopic (exact) mass is 328 g/mol. The van der Waals surface area contributed by atoms with Gasteiger partial charge in [0.05, 0.1) is 11.0 Å². The SMILES string of the molecule is Cc1ccc(C(N)=S)cc1S(=O)(=O)NC1CCCCC1O. The molecule has 0 heterocycles. The van der Waals surface area contributed by atoms with Crippen molar-refractivity contribution in [2.45, 2.75) is 49.6 Å². The average molecular weight is 328 g/mol. The highest BCUT2D eigenvalue weighted by atomic mass is 32.2. The van der Waals surface area contributed by atoms with Gasteiger partial charge in [0.25, 0.3) is 0 Å². The van der Waals surface area contributed by atoms with Crippen molar-refractivity contribution in [1.82, 2.24) is 4.72 Å². The molecule has 4 N–H and O–H groups in total. The molecule has 2 rings (SSSR count). The van der Waals surface area contributed by atoms with Crippen LogP contribution >= 0.6 is 12.2 Å². The van der Waals surface area contributed by atoms with E-state index in [1.54, 1.807) is 19.1 Å². The molecule has 1 aromatic carbocycles. The number of aryl methyl sites for hydroxylation is 1. The van der Waals surface area contributed by atoms with Gasteiger partial charge in [0.1, 0.15) is 4.99 Å². The van der Waals surface area contributed by atoms with Gasteiger partial charge < -0.3 is 10.8 Å². The fraction of sp³-hybridized carbons (Fsp3) is 0.500. The second kappa shape index (κ2) is 6.39. The largest absolute Gasteiger partial charge is 0.391 e. The number of sulfonamides is 1. The van der Waals surface area contributed by atoms with Crippen LogP contribution in [0.2, 0.25) is 0 Å². The van der Waals surface area contributed by atoms with Crippen molar-refractivity contribution in [3.05, 3.63) is 29.3 Å². The number of hydrogen-bond acceptors (Lipinski definition) is 4. The van der Waals surface area contributed by atoms with E-state index in [-0.39, 0.29) is 9.88 Å². The zero-order chi connectivity index (χ0) is 15.6. The first-order chi connectivity index (χ1) is 9.81. The molecule has 0 amide bonds. The molecule has 1 saturated carbocycles. The average Bonchev–Trinajstić information content (AvgIpc) is 2.41. The molecule has 5 nitrogen and oxygen atoms in total. The molecular formula is C14H20N2O3S2. The zero-order valence-corrected chi connectivity index (χ0v) is 13.5. The summed E-state index contributed by atoms with van der Waals surface area (Å²) in [5.41, 5.74) is 6.69. The topological polar surface area (TPSA) is 92.4 Å². The van der Waals surface area contributed by atoms with Crippen molar-refractivity contribution in [3.63, 3.8) is 0 Å². The molecule has 1 aromatic rings. The number of thiocarbonyl (C=S) groups is 1. The highest BCUT2D eigenvalue weighted by Gasteiger charge is 2.29. The fourth-order valence-corrected chi connectivity index (χ4v) is 4.26. The summed E-state index contributed by atoms with van der Waals surface area (Å²) >= 11 is 4.89. The maximum atomic E-state index is 12.5. The minimum Gasteiger partial charge on any atom is -0.391 e. The molecule has 1 fully saturated rings. The van der Waals surface area contributed by atoms with E-state index in [0.29, 0.717) is 24.0 Å². The number of nitrogens with one attached hydrogen (secondary N) is 1. The van der Waals surface area contributed by atoms with Crippen LogP contribution in [0, 0.1) is 6.92 Å². The van der Waals surface area contributed by atoms with E-state index in [0.717, 1.165) is 12.8 Å². The summed E-state index contributed by atoms with van der Waals surface area (Å²) in [5.74, 6) is 0. The van der Waals surface area contributed by atoms with E-state index in [2.05, 4.69) is 4.72 Å². The fourth-order valence-electron chi connectivity index (χ4n) is 2.55. The maximum Gasteiger partial charge on any atom is 0.241 e. The predicted molar refractivity (Wildman–Crippen MR) is 85.7 cm³/mol. The molecule has 116 valence electrons. The van der Waals surface area contributed by atoms with Crippen LogP contribution in [0.3, 0.4) is 0 Å². The molecule has 1 aliphatic carbocycles. The van der Waals surface area contributed by atoms with Crippen LogP contribution in [-0.2, 0) is 10.0 Å². The number of aliphatic hydroxyl groups is 1. The molecule has 0 aliphatic heterocycles. The maximum absolute atomic E-state index is 12.5. The van der Waals surface area contributed by atoms with Gasteiger partial charge in [-0.25, -0.2) is 13.1 Å². The quantitative estimate of drug-likeness (QED) is 0.723. The Bertz CT molecular complexity index is 644. The number of aliphatic hydroxyl groups excluding tert-OH is 1. The van der Waals surface area contributed by atoms with E-state index in [4.69, 9.17) is 18.0 Å². The molecule has 0 radical (unpaired) electrons. The molecule has 7 heteroatoms. The van der Waals surface area contributed by atoms with Gasteiger partial charge in [0.2, 0.25) is 10.0 Å². The third-order valence-corrected chi connectivity index (χ3v) is 5.67. The van der Waals surface area contributed by atoms with Crippen molar-refractivity contribution < 1.29 is 13.5 Å². The first-order valence-electron chi connectivity index (χ1n) is 6.92. The van der Waals surface area contributed by atoms with Crippen molar-refractivity contribution in [1.29, 1.82) is 0 Å². The van der Waals surface area contributed by atoms with Gasteiger partial charge in [-0.2, -0.15) is 0 Å². The summed E-state index contributed by atoms with van der Waals surface area (Å²) < 4.78 is 27.7. The third-order valence-electron chi connectivity index (χ3n) is 3.80. The molecule has 21 heavy (non-hydrogen) atoms. The van der Waals surface area contributed by atoms with Gasteiger partial charge in [-0.3, -0.25) is 0 Å². The third kappa shape index (κ3) is 3.79. The van der Waals surface area contributed by atoms with Crippen LogP contribution in [0.1, 0.15) is 36.8 Å². The molecule has 0 aromatic heterocycles. The van der Waals surface area contributed by atoms with E-state index in [9.17, 15) is 13.5 Å². The van der Waals surface area contributed by atoms with Gasteiger partial charge in [0.15, 0.2) is 0 Å². The first kappa shape index (κ1) is 16.4. The van der Waals surface area contributed by atoms with Crippen LogP contribution in [-0.4, -0.2) is 30.7 Å². The Morgan fingerprint density at radius 3 is 2.67 bits per heavy atom. The van der Waals surface area contributed by atoms with E-state index in [1.165, 1.54) is 6.07 Å². The number of nitrogens with two attached hydrogens (primary N) is 1. The Morgan fingerprint density at radius 1 is 1.38 bits per heavy atom. The molecule has 1 aliphatic rings. The lowest BCUT2D eigenvalue weighted by Crippen LogP contribution is -2.45. The minimum atomic E-state index is -3.70. The van der Waals surface area contributed by atoms with Crippen molar-refractivity contribution in [2.24, 2.45) is 5.73 Å². The lowest BCUT2D eigenvalue weighted by molar-refractivity contribution is 0.101. The van der Waals surface area contributed by atoms with E-state index in [1.807, 2.05) is 0 Å². The number of hydrogen-bond donors (Lipinski definition) is 3. The van der Waals surface area contributed by atoms with Gasteiger partial charge >= 0.3 is 0 Å². The molecule has 2 atom stereocenters. The molecule has 0 bridgehead atoms. The summed E-state index contributed by atoms with van der Waals surface area (Å²) in [5, 5.41) is 9.92. The Balaban J connectivity index is 2.30. The summed E-state index contributed by atoms with van der Waals surface area (Å²) in [6.45, 7) is 1.72. The number of rotatable bonds is 4. The Kier molecular flexibility index (Phi) is 4.98. The second-order valence-corrected chi connectivity index (χ2v) is 7.55. The van der Waals surface area contributed by atoms with Crippen molar-refractivity contribution in [2.75, 3.05) is 0 Å². The van der Waals surface area contributed by atoms with Crippen molar-refractivity contribution in [3.8, 4) is 0 Å². The standard InChI is InChI=1S/C14H20N2O3S2/c1-9-6-7-10(14(15)20)8-13(9)21(18,19)16-11-4-2-3-5-12(11)17/h6-8,11-12,16-17H,2-5H2,1H3,(H2,15,20). The molecule has 0 saturated heterocycles. The normalized spacial score (nSPS) is 23.0. The Labute approximate surface area is 130 Å². The smallest absolute Gasteiger partial charge is 0.241 e. The van der Waals surface area contributed by atoms with Crippen LogP contribution in [0.25, 0.3) is 0 Å². The lowest BCUT2D eigenvalue weighted by atomic mass is 9.93. The second-order valence-electron chi connectivity index (χ2n) is 5.42. The van der Waals surface area contributed by atoms with Gasteiger partial charge in [-0.15, -0.1) is 0 Å². The Morgan fingerprint density at radius 2 is 2.05 bits per heavy atom. The zero-order valence-electron chi connectivity index (χ0n) is 11.9. The van der Waals surface area contributed by atoms with Crippen molar-refractivity contribution >= 4 is 27.2 Å². The molecule has 2 unspecified atom stereocenters. The summed E-state index contributed by atoms with van der Waals surface area (Å²) in [7, 11) is -3.70. The lowest BCUT2D eigenvalue weighted by Gasteiger charge is -2.28. The van der Waals surface area contributed by atoms with Crippen LogP contribution < -0.4 is 10.5 Å². The summed E-state index contributed by atoms with van der Waals surface area (Å²) in [6, 6.07) is 4.43. The Hall–Kier alpha value is -1.02. The van der Waals surface area contributed by atoms with Crippen LogP contribution in [0.5, 0.6) is 0 Å². The summed E-state index contributed by atoms with van der Waals surface area (Å²) in [6.07, 6.45) is 2.48. The van der Waals surface area contributed by atoms with Crippen LogP contribution in [0.15, 0.2) is 23.1 Å². The highest BCUT2D eigenvalue weighted by molar-refractivity contribution is 7.89. The van der Waals surface area contributed by atoms with E-state index < -0.39 is 22.2 Å². The summed E-state index contributed by atoms with van der Waals surface area (Å²) in [4.78, 5) is 0.315. The molecule has 0 spiro atoms. The van der Waals surface area contributed by atoms with E-state index >= 15 is 0 Å².